The molecule has 2 saturated heterocycles. The van der Waals surface area contributed by atoms with Crippen LogP contribution in [0.15, 0.2) is 48.5 Å². The maximum absolute atomic E-state index is 13.3. The molecule has 2 aromatic rings. The Hall–Kier alpha value is -5.60. The quantitative estimate of drug-likeness (QED) is 0.0839. The van der Waals surface area contributed by atoms with Gasteiger partial charge < -0.3 is 43.0 Å². The first-order chi connectivity index (χ1) is 29.7. The lowest BCUT2D eigenvalue weighted by atomic mass is 9.76. The zero-order valence-corrected chi connectivity index (χ0v) is 36.3. The SMILES string of the molecule is CC(=N)c1ccc(CNC(=O)[C@@H]2CCN2C(=O)[C@H](CCC(N)=O)C2CCCCC2)cc1.N=C(N)c1ccc(CNC(=O)[C@@H]2CCN2C(=O)[C@H](CCC(N)=O)C2CCCCC2)cc1. The number of primary amides is 2. The second-order valence-electron chi connectivity index (χ2n) is 17.6. The minimum atomic E-state index is -0.455. The van der Waals surface area contributed by atoms with E-state index in [1.54, 1.807) is 28.9 Å². The van der Waals surface area contributed by atoms with Crippen molar-refractivity contribution in [1.82, 2.24) is 20.4 Å². The molecule has 10 N–H and O–H groups in total. The van der Waals surface area contributed by atoms with Crippen molar-refractivity contribution in [1.29, 1.82) is 10.8 Å². The van der Waals surface area contributed by atoms with Gasteiger partial charge in [0.2, 0.25) is 35.4 Å². The summed E-state index contributed by atoms with van der Waals surface area (Å²) in [4.78, 5) is 78.1. The molecule has 2 aliphatic carbocycles. The maximum Gasteiger partial charge on any atom is 0.243 e. The summed E-state index contributed by atoms with van der Waals surface area (Å²) < 4.78 is 0. The van der Waals surface area contributed by atoms with E-state index in [1.165, 1.54) is 12.8 Å². The number of hydrogen-bond acceptors (Lipinski definition) is 8. The molecule has 2 saturated carbocycles. The van der Waals surface area contributed by atoms with E-state index in [1.807, 2.05) is 36.4 Å². The Morgan fingerprint density at radius 3 is 1.26 bits per heavy atom. The Bertz CT molecular complexity index is 1770. The van der Waals surface area contributed by atoms with Gasteiger partial charge >= 0.3 is 0 Å². The highest BCUT2D eigenvalue weighted by Crippen LogP contribution is 2.37. The van der Waals surface area contributed by atoms with Gasteiger partial charge in [-0.1, -0.05) is 87.1 Å². The molecule has 2 aromatic carbocycles. The molecule has 0 radical (unpaired) electrons. The summed E-state index contributed by atoms with van der Waals surface area (Å²) in [5.41, 5.74) is 20.0. The standard InChI is InChI=1S/C24H34N4O3.C23H33N5O3/c1-16(25)18-9-7-17(8-10-18)15-27-23(30)21-13-14-28(21)24(31)20(11-12-22(26)29)19-5-3-2-4-6-19;24-20(29)11-10-18(16-4-2-1-3-5-16)23(31)28-13-12-19(28)22(30)27-14-15-6-8-17(9-7-15)21(25)26/h7-10,19-21,25H,2-6,11-15H2,1H3,(H2,26,29)(H,27,30);6-9,16,18-19H,1-5,10-14H2,(H2,24,29)(H3,25,26)(H,27,30)/t20-,21+;18-,19+/m11/s1. The number of carbonyl (C=O) groups is 6. The molecule has 0 bridgehead atoms. The van der Waals surface area contributed by atoms with E-state index in [4.69, 9.17) is 28.0 Å². The lowest BCUT2D eigenvalue weighted by Gasteiger charge is -2.43. The van der Waals surface area contributed by atoms with E-state index in [0.717, 1.165) is 68.1 Å². The summed E-state index contributed by atoms with van der Waals surface area (Å²) in [6, 6.07) is 13.8. The van der Waals surface area contributed by atoms with E-state index >= 15 is 0 Å². The fourth-order valence-corrected chi connectivity index (χ4v) is 9.35. The molecule has 2 heterocycles. The van der Waals surface area contributed by atoms with Crippen LogP contribution in [0.5, 0.6) is 0 Å². The Kier molecular flexibility index (Phi) is 17.6. The maximum atomic E-state index is 13.3. The zero-order valence-electron chi connectivity index (χ0n) is 36.3. The summed E-state index contributed by atoms with van der Waals surface area (Å²) in [6.07, 6.45) is 13.5. The van der Waals surface area contributed by atoms with Crippen molar-refractivity contribution in [2.75, 3.05) is 13.1 Å². The second-order valence-corrected chi connectivity index (χ2v) is 17.6. The second kappa shape index (κ2) is 23.0. The van der Waals surface area contributed by atoms with Crippen molar-refractivity contribution >= 4 is 47.0 Å². The Morgan fingerprint density at radius 2 is 0.952 bits per heavy atom. The monoisotopic (exact) mass is 854 g/mol. The van der Waals surface area contributed by atoms with Crippen molar-refractivity contribution in [2.45, 2.75) is 135 Å². The number of nitrogen functional groups attached to an aromatic ring is 1. The fraction of sp³-hybridized carbons (Fsp3) is 0.574. The third kappa shape index (κ3) is 13.2. The van der Waals surface area contributed by atoms with Crippen LogP contribution >= 0.6 is 0 Å². The van der Waals surface area contributed by atoms with Gasteiger partial charge in [-0.15, -0.1) is 0 Å². The topological polar surface area (TPSA) is 259 Å². The number of amides is 6. The highest BCUT2D eigenvalue weighted by atomic mass is 16.2. The number of benzene rings is 2. The minimum absolute atomic E-state index is 0.00284. The molecule has 0 spiro atoms. The first-order valence-electron chi connectivity index (χ1n) is 22.5. The number of carbonyl (C=O) groups excluding carboxylic acids is 6. The first kappa shape index (κ1) is 47.4. The van der Waals surface area contributed by atoms with Crippen LogP contribution in [0.1, 0.15) is 132 Å². The highest BCUT2D eigenvalue weighted by Gasteiger charge is 2.43. The van der Waals surface area contributed by atoms with Crippen LogP contribution in [-0.2, 0) is 41.9 Å². The third-order valence-corrected chi connectivity index (χ3v) is 13.3. The molecule has 4 atom stereocenters. The largest absolute Gasteiger partial charge is 0.384 e. The molecule has 6 amide bonds. The molecular weight excluding hydrogens is 787 g/mol. The summed E-state index contributed by atoms with van der Waals surface area (Å²) >= 11 is 0. The van der Waals surface area contributed by atoms with Crippen molar-refractivity contribution in [3.05, 3.63) is 70.8 Å². The minimum Gasteiger partial charge on any atom is -0.384 e. The van der Waals surface area contributed by atoms with Crippen LogP contribution in [0.4, 0.5) is 0 Å². The predicted octanol–water partition coefficient (Wildman–Crippen LogP) is 4.40. The molecule has 0 aromatic heterocycles. The van der Waals surface area contributed by atoms with Gasteiger partial charge in [0.1, 0.15) is 17.9 Å². The Morgan fingerprint density at radius 1 is 0.581 bits per heavy atom. The number of likely N-dealkylation sites (tertiary alicyclic amines) is 2. The average Bonchev–Trinajstić information content (AvgIpc) is 3.22. The van der Waals surface area contributed by atoms with Crippen molar-refractivity contribution in [3.63, 3.8) is 0 Å². The van der Waals surface area contributed by atoms with Crippen molar-refractivity contribution < 1.29 is 28.8 Å². The number of nitrogens with zero attached hydrogens (tertiary/aromatic N) is 2. The number of amidine groups is 1. The van der Waals surface area contributed by atoms with Crippen LogP contribution in [-0.4, -0.2) is 82.0 Å². The number of rotatable bonds is 18. The molecule has 15 heteroatoms. The molecule has 6 rings (SSSR count). The number of hydrogen-bond donors (Lipinski definition) is 7. The molecule has 0 unspecified atom stereocenters. The predicted molar refractivity (Wildman–Crippen MR) is 237 cm³/mol. The summed E-state index contributed by atoms with van der Waals surface area (Å²) in [6.45, 7) is 3.64. The van der Waals surface area contributed by atoms with Gasteiger partial charge in [-0.3, -0.25) is 34.2 Å². The fourth-order valence-electron chi connectivity index (χ4n) is 9.35. The van der Waals surface area contributed by atoms with Gasteiger partial charge in [-0.25, -0.2) is 0 Å². The molecule has 4 aliphatic rings. The molecular formula is C47H67N9O6. The van der Waals surface area contributed by atoms with Gasteiger partial charge in [0.25, 0.3) is 0 Å². The molecule has 15 nitrogen and oxygen atoms in total. The molecule has 62 heavy (non-hydrogen) atoms. The smallest absolute Gasteiger partial charge is 0.243 e. The normalized spacial score (nSPS) is 19.9. The van der Waals surface area contributed by atoms with Gasteiger partial charge in [-0.2, -0.15) is 0 Å². The lowest BCUT2D eigenvalue weighted by molar-refractivity contribution is -0.153. The number of nitrogens with two attached hydrogens (primary N) is 3. The van der Waals surface area contributed by atoms with Crippen LogP contribution in [0.2, 0.25) is 0 Å². The van der Waals surface area contributed by atoms with Gasteiger partial charge in [0.15, 0.2) is 0 Å². The van der Waals surface area contributed by atoms with Crippen LogP contribution < -0.4 is 27.8 Å². The molecule has 2 aliphatic heterocycles. The van der Waals surface area contributed by atoms with Gasteiger partial charge in [-0.05, 0) is 86.8 Å². The van der Waals surface area contributed by atoms with E-state index in [2.05, 4.69) is 10.6 Å². The number of nitrogens with one attached hydrogen (secondary N) is 4. The Labute approximate surface area is 365 Å². The summed E-state index contributed by atoms with van der Waals surface area (Å²) in [5.74, 6) is -0.971. The van der Waals surface area contributed by atoms with Crippen molar-refractivity contribution in [3.8, 4) is 0 Å². The van der Waals surface area contributed by atoms with Crippen molar-refractivity contribution in [2.24, 2.45) is 40.9 Å². The van der Waals surface area contributed by atoms with Gasteiger partial charge in [0.05, 0.1) is 0 Å². The zero-order chi connectivity index (χ0) is 44.8. The van der Waals surface area contributed by atoms with E-state index in [0.29, 0.717) is 63.1 Å². The van der Waals surface area contributed by atoms with Crippen LogP contribution in [0.25, 0.3) is 0 Å². The molecule has 336 valence electrons. The highest BCUT2D eigenvalue weighted by molar-refractivity contribution is 5.96. The van der Waals surface area contributed by atoms with Crippen LogP contribution in [0, 0.1) is 34.5 Å². The van der Waals surface area contributed by atoms with E-state index in [9.17, 15) is 28.8 Å². The van der Waals surface area contributed by atoms with Crippen LogP contribution in [0.3, 0.4) is 0 Å². The summed E-state index contributed by atoms with van der Waals surface area (Å²) in [5, 5.41) is 20.9. The average molecular weight is 854 g/mol. The lowest BCUT2D eigenvalue weighted by Crippen LogP contribution is -2.60. The first-order valence-corrected chi connectivity index (χ1v) is 22.5. The third-order valence-electron chi connectivity index (χ3n) is 13.3. The van der Waals surface area contributed by atoms with E-state index in [-0.39, 0.29) is 77.8 Å². The Balaban J connectivity index is 0.000000234. The van der Waals surface area contributed by atoms with E-state index < -0.39 is 12.1 Å². The molecule has 4 fully saturated rings. The summed E-state index contributed by atoms with van der Waals surface area (Å²) in [7, 11) is 0. The van der Waals surface area contributed by atoms with Gasteiger partial charge in [0, 0.05) is 62.1 Å².